The minimum Gasteiger partial charge on any atom is -0.0616 e. The maximum atomic E-state index is 2.37. The minimum atomic E-state index is 0.587. The molecule has 0 spiro atoms. The van der Waals surface area contributed by atoms with Gasteiger partial charge < -0.3 is 0 Å². The van der Waals surface area contributed by atoms with E-state index >= 15 is 0 Å². The molecule has 14 aromatic carbocycles. The van der Waals surface area contributed by atoms with E-state index in [1.807, 2.05) is 0 Å². The molecule has 0 aliphatic heterocycles. The van der Waals surface area contributed by atoms with Crippen LogP contribution in [0.4, 0.5) is 0 Å². The normalized spacial score (nSPS) is 11.6. The maximum absolute atomic E-state index is 2.37. The zero-order chi connectivity index (χ0) is 81.9. The molecule has 0 saturated heterocycles. The summed E-state index contributed by atoms with van der Waals surface area (Å²) in [5.74, 6) is 8.36. The smallest absolute Gasteiger partial charge is 0.0146 e. The molecule has 0 heterocycles. The standard InChI is InChI=1S/7C16H20/c1-11(2)13-5-7-16-10-14(12(3)4)6-8-15(16)9-13;1-11(2)14-7-5-13-6-8-15(12(3)4)10-16(13)9-14;1-11(2)13-8-9-16-14(10-13)6-5-7-15(16)12(3)4;1-11(2)14-9-8-13-6-5-7-15(12(3)4)16(13)10-14;1-11(2)14-9-13-7-5-6-8-15(13)16(10-14)12(3)4;2*1-11(2)14-10-9-13-7-5-6-8-15(13)16(14)12(3)4/h7*5-12H,1-4H3. The Bertz CT molecular complexity index is 5070. The van der Waals surface area contributed by atoms with Crippen molar-refractivity contribution in [3.8, 4) is 0 Å². The fourth-order valence-corrected chi connectivity index (χ4v) is 15.5. The van der Waals surface area contributed by atoms with E-state index < -0.39 is 0 Å². The summed E-state index contributed by atoms with van der Waals surface area (Å²) in [7, 11) is 0. The van der Waals surface area contributed by atoms with Gasteiger partial charge in [0.1, 0.15) is 0 Å². The minimum absolute atomic E-state index is 0.587. The van der Waals surface area contributed by atoms with Gasteiger partial charge in [0.25, 0.3) is 0 Å². The van der Waals surface area contributed by atoms with E-state index in [9.17, 15) is 0 Å². The van der Waals surface area contributed by atoms with Gasteiger partial charge in [0.15, 0.2) is 0 Å². The van der Waals surface area contributed by atoms with Crippen molar-refractivity contribution < 1.29 is 0 Å². The highest BCUT2D eigenvalue weighted by Crippen LogP contribution is 2.38. The van der Waals surface area contributed by atoms with Gasteiger partial charge >= 0.3 is 0 Å². The molecule has 112 heavy (non-hydrogen) atoms. The third-order valence-corrected chi connectivity index (χ3v) is 22.5. The Hall–Kier alpha value is -9.10. The number of benzene rings is 14. The zero-order valence-corrected chi connectivity index (χ0v) is 74.3. The van der Waals surface area contributed by atoms with Gasteiger partial charge in [-0.05, 0) is 236 Å². The highest BCUT2D eigenvalue weighted by Gasteiger charge is 2.17. The first-order valence-electron chi connectivity index (χ1n) is 42.8. The molecule has 14 aromatic rings. The molecule has 0 aromatic heterocycles. The van der Waals surface area contributed by atoms with Crippen LogP contribution in [0.5, 0.6) is 0 Å². The van der Waals surface area contributed by atoms with Gasteiger partial charge in [-0.15, -0.1) is 0 Å². The molecular weight excluding hydrogens is 1350 g/mol. The average Bonchev–Trinajstić information content (AvgIpc) is 0.886. The molecule has 0 radical (unpaired) electrons. The first-order valence-corrected chi connectivity index (χ1v) is 42.8. The Morgan fingerprint density at radius 3 is 0.759 bits per heavy atom. The van der Waals surface area contributed by atoms with E-state index in [-0.39, 0.29) is 0 Å². The van der Waals surface area contributed by atoms with Crippen molar-refractivity contribution in [1.82, 2.24) is 0 Å². The monoisotopic (exact) mass is 1490 g/mol. The Morgan fingerprint density at radius 1 is 0.125 bits per heavy atom. The van der Waals surface area contributed by atoms with Crippen LogP contribution < -0.4 is 0 Å². The molecule has 0 nitrogen and oxygen atoms in total. The summed E-state index contributed by atoms with van der Waals surface area (Å²) in [6, 6.07) is 94.0. The third-order valence-electron chi connectivity index (χ3n) is 22.5. The summed E-state index contributed by atoms with van der Waals surface area (Å²) in [4.78, 5) is 0. The molecule has 0 fully saturated rings. The molecule has 0 N–H and O–H groups in total. The predicted molar refractivity (Wildman–Crippen MR) is 505 cm³/mol. The van der Waals surface area contributed by atoms with Crippen molar-refractivity contribution in [2.75, 3.05) is 0 Å². The van der Waals surface area contributed by atoms with Crippen LogP contribution in [0.1, 0.15) is 355 Å². The summed E-state index contributed by atoms with van der Waals surface area (Å²) >= 11 is 0. The lowest BCUT2D eigenvalue weighted by Crippen LogP contribution is -1.99. The van der Waals surface area contributed by atoms with Crippen LogP contribution in [0.2, 0.25) is 0 Å². The molecule has 0 saturated carbocycles. The van der Waals surface area contributed by atoms with Crippen LogP contribution in [0.15, 0.2) is 255 Å². The molecule has 0 amide bonds. The van der Waals surface area contributed by atoms with Crippen LogP contribution in [-0.2, 0) is 0 Å². The van der Waals surface area contributed by atoms with Crippen molar-refractivity contribution in [2.24, 2.45) is 0 Å². The van der Waals surface area contributed by atoms with E-state index in [1.165, 1.54) is 153 Å². The third kappa shape index (κ3) is 23.3. The Balaban J connectivity index is 0.000000164. The topological polar surface area (TPSA) is 0 Å². The second-order valence-electron chi connectivity index (χ2n) is 36.0. The van der Waals surface area contributed by atoms with Gasteiger partial charge in [0.2, 0.25) is 0 Å². The zero-order valence-electron chi connectivity index (χ0n) is 74.3. The summed E-state index contributed by atoms with van der Waals surface area (Å²) < 4.78 is 0. The van der Waals surface area contributed by atoms with Gasteiger partial charge in [0, 0.05) is 0 Å². The van der Waals surface area contributed by atoms with Gasteiger partial charge in [-0.1, -0.05) is 449 Å². The van der Waals surface area contributed by atoms with Crippen molar-refractivity contribution in [3.63, 3.8) is 0 Å². The van der Waals surface area contributed by atoms with E-state index in [2.05, 4.69) is 449 Å². The average molecular weight is 1490 g/mol. The molecule has 0 heteroatoms. The fourth-order valence-electron chi connectivity index (χ4n) is 15.5. The van der Waals surface area contributed by atoms with E-state index in [4.69, 9.17) is 0 Å². The van der Waals surface area contributed by atoms with Gasteiger partial charge in [0.05, 0.1) is 0 Å². The molecule has 14 rings (SSSR count). The van der Waals surface area contributed by atoms with Crippen molar-refractivity contribution >= 4 is 75.4 Å². The second-order valence-corrected chi connectivity index (χ2v) is 36.0. The molecule has 588 valence electrons. The maximum Gasteiger partial charge on any atom is -0.0146 e. The second kappa shape index (κ2) is 41.1. The summed E-state index contributed by atoms with van der Waals surface area (Å²) in [5.41, 5.74) is 20.4. The Kier molecular flexibility index (Phi) is 32.5. The Morgan fingerprint density at radius 2 is 0.384 bits per heavy atom. The molecule has 0 atom stereocenters. The van der Waals surface area contributed by atoms with Crippen LogP contribution in [0, 0.1) is 0 Å². The van der Waals surface area contributed by atoms with E-state index in [0.29, 0.717) is 82.9 Å². The first kappa shape index (κ1) is 88.5. The first-order chi connectivity index (χ1) is 53.1. The van der Waals surface area contributed by atoms with Gasteiger partial charge in [-0.2, -0.15) is 0 Å². The predicted octanol–water partition coefficient (Wildman–Crippen LogP) is 35.6. The fraction of sp³-hybridized carbons (Fsp3) is 0.375. The molecule has 0 aliphatic rings. The highest BCUT2D eigenvalue weighted by atomic mass is 14.2. The Labute approximate surface area is 680 Å². The largest absolute Gasteiger partial charge is 0.0616 e. The molecular formula is C112H140. The number of rotatable bonds is 14. The van der Waals surface area contributed by atoms with Crippen LogP contribution in [-0.4, -0.2) is 0 Å². The quantitative estimate of drug-likeness (QED) is 0.102. The number of fused-ring (bicyclic) bond motifs is 7. The lowest BCUT2D eigenvalue weighted by molar-refractivity contribution is 0.798. The number of hydrogen-bond acceptors (Lipinski definition) is 0. The van der Waals surface area contributed by atoms with Crippen molar-refractivity contribution in [3.05, 3.63) is 333 Å². The number of hydrogen-bond donors (Lipinski definition) is 0. The lowest BCUT2D eigenvalue weighted by Gasteiger charge is -2.18. The molecule has 0 unspecified atom stereocenters. The van der Waals surface area contributed by atoms with Crippen LogP contribution >= 0.6 is 0 Å². The van der Waals surface area contributed by atoms with Crippen molar-refractivity contribution in [1.29, 1.82) is 0 Å². The van der Waals surface area contributed by atoms with Crippen LogP contribution in [0.25, 0.3) is 75.4 Å². The van der Waals surface area contributed by atoms with Crippen molar-refractivity contribution in [2.45, 2.75) is 277 Å². The van der Waals surface area contributed by atoms with Gasteiger partial charge in [-0.3, -0.25) is 0 Å². The van der Waals surface area contributed by atoms with Gasteiger partial charge in [-0.25, -0.2) is 0 Å². The lowest BCUT2D eigenvalue weighted by atomic mass is 9.86. The SMILES string of the molecule is CC(C)c1cc(C(C)C)c2ccccc2c1.CC(C)c1ccc2c(C(C)C)cccc2c1.CC(C)c1ccc2cc(C(C)C)ccc2c1.CC(C)c1ccc2ccc(C(C)C)cc2c1.CC(C)c1ccc2cccc(C(C)C)c2c1.CC(C)c1ccc2ccccc2c1C(C)C.CC(C)c1ccc2ccccc2c1C(C)C. The summed E-state index contributed by atoms with van der Waals surface area (Å²) in [5, 5.41) is 19.3. The summed E-state index contributed by atoms with van der Waals surface area (Å²) in [6.07, 6.45) is 0. The van der Waals surface area contributed by atoms with E-state index in [1.54, 1.807) is 0 Å². The van der Waals surface area contributed by atoms with E-state index in [0.717, 1.165) is 0 Å². The molecule has 0 bridgehead atoms. The highest BCUT2D eigenvalue weighted by molar-refractivity contribution is 5.91. The summed E-state index contributed by atoms with van der Waals surface area (Å²) in [6.45, 7) is 63.2. The molecule has 0 aliphatic carbocycles. The van der Waals surface area contributed by atoms with Crippen LogP contribution in [0.3, 0.4) is 0 Å².